The van der Waals surface area contributed by atoms with Crippen LogP contribution in [0.3, 0.4) is 0 Å². The molecule has 0 aliphatic heterocycles. The summed E-state index contributed by atoms with van der Waals surface area (Å²) in [5.41, 5.74) is 3.23. The summed E-state index contributed by atoms with van der Waals surface area (Å²) >= 11 is 11.5. The molecule has 2 N–H and O–H groups in total. The molecule has 8 heteroatoms. The third kappa shape index (κ3) is 3.72. The zero-order valence-electron chi connectivity index (χ0n) is 11.8. The number of nitrogens with one attached hydrogen (secondary N) is 2. The van der Waals surface area contributed by atoms with Crippen molar-refractivity contribution in [1.29, 1.82) is 0 Å². The number of aromatic nitrogens is 1. The molecule has 0 radical (unpaired) electrons. The monoisotopic (exact) mass is 341 g/mol. The van der Waals surface area contributed by atoms with Gasteiger partial charge in [0.15, 0.2) is 0 Å². The highest BCUT2D eigenvalue weighted by Gasteiger charge is 2.10. The van der Waals surface area contributed by atoms with Crippen molar-refractivity contribution in [2.24, 2.45) is 5.10 Å². The molecule has 0 fully saturated rings. The van der Waals surface area contributed by atoms with Gasteiger partial charge in [-0.05, 0) is 24.3 Å². The van der Waals surface area contributed by atoms with Crippen LogP contribution in [0.2, 0.25) is 10.2 Å². The minimum Gasteiger partial charge on any atom is -0.497 e. The van der Waals surface area contributed by atoms with E-state index in [9.17, 15) is 4.79 Å². The Hall–Kier alpha value is -2.18. The topological polar surface area (TPSA) is 75.7 Å². The Kier molecular flexibility index (Phi) is 5.30. The second kappa shape index (κ2) is 7.20. The molecule has 0 saturated carbocycles. The molecule has 116 valence electrons. The Morgan fingerprint density at radius 3 is 2.64 bits per heavy atom. The number of carbonyl (C=O) groups is 1. The highest BCUT2D eigenvalue weighted by Crippen LogP contribution is 2.23. The summed E-state index contributed by atoms with van der Waals surface area (Å²) in [7, 11) is 3.10. The van der Waals surface area contributed by atoms with Gasteiger partial charge in [0.05, 0.1) is 25.5 Å². The van der Waals surface area contributed by atoms with Crippen molar-refractivity contribution >= 4 is 35.3 Å². The molecular formula is C14H13Cl2N3O3. The Labute approximate surface area is 137 Å². The Morgan fingerprint density at radius 2 is 2.05 bits per heavy atom. The van der Waals surface area contributed by atoms with Gasteiger partial charge in [0.1, 0.15) is 22.3 Å². The van der Waals surface area contributed by atoms with Gasteiger partial charge in [-0.2, -0.15) is 5.10 Å². The number of benzene rings is 1. The SMILES string of the molecule is COc1ccc(OC)c(/C=N/NC(=O)c2cc(Cl)c(Cl)[nH]2)c1. The molecule has 1 amide bonds. The number of nitrogens with zero attached hydrogens (tertiary/aromatic N) is 1. The first-order valence-electron chi connectivity index (χ1n) is 6.14. The van der Waals surface area contributed by atoms with Gasteiger partial charge in [-0.3, -0.25) is 4.79 Å². The largest absolute Gasteiger partial charge is 0.497 e. The van der Waals surface area contributed by atoms with E-state index >= 15 is 0 Å². The molecule has 0 unspecified atom stereocenters. The number of hydrazone groups is 1. The number of rotatable bonds is 5. The maximum Gasteiger partial charge on any atom is 0.287 e. The summed E-state index contributed by atoms with van der Waals surface area (Å²) in [6.07, 6.45) is 1.45. The van der Waals surface area contributed by atoms with E-state index in [1.807, 2.05) is 0 Å². The minimum atomic E-state index is -0.466. The van der Waals surface area contributed by atoms with Crippen molar-refractivity contribution in [3.8, 4) is 11.5 Å². The molecule has 0 bridgehead atoms. The zero-order valence-corrected chi connectivity index (χ0v) is 13.3. The van der Waals surface area contributed by atoms with Crippen molar-refractivity contribution in [1.82, 2.24) is 10.4 Å². The van der Waals surface area contributed by atoms with E-state index < -0.39 is 5.91 Å². The molecule has 6 nitrogen and oxygen atoms in total. The van der Waals surface area contributed by atoms with E-state index in [1.54, 1.807) is 32.4 Å². The second-order valence-electron chi connectivity index (χ2n) is 4.15. The van der Waals surface area contributed by atoms with Gasteiger partial charge in [0.25, 0.3) is 5.91 Å². The molecule has 0 atom stereocenters. The molecule has 0 spiro atoms. The fourth-order valence-electron chi connectivity index (χ4n) is 1.69. The van der Waals surface area contributed by atoms with Crippen molar-refractivity contribution in [3.63, 3.8) is 0 Å². The van der Waals surface area contributed by atoms with Gasteiger partial charge in [-0.1, -0.05) is 23.2 Å². The van der Waals surface area contributed by atoms with Gasteiger partial charge in [0, 0.05) is 5.56 Å². The molecule has 0 saturated heterocycles. The summed E-state index contributed by atoms with van der Waals surface area (Å²) < 4.78 is 10.3. The average Bonchev–Trinajstić information content (AvgIpc) is 2.86. The Balaban J connectivity index is 2.10. The third-order valence-electron chi connectivity index (χ3n) is 2.78. The number of carbonyl (C=O) groups excluding carboxylic acids is 1. The molecule has 1 aromatic heterocycles. The predicted molar refractivity (Wildman–Crippen MR) is 85.4 cm³/mol. The third-order valence-corrected chi connectivity index (χ3v) is 3.47. The number of methoxy groups -OCH3 is 2. The lowest BCUT2D eigenvalue weighted by Crippen LogP contribution is -2.17. The van der Waals surface area contributed by atoms with Crippen LogP contribution in [-0.4, -0.2) is 31.3 Å². The fourth-order valence-corrected chi connectivity index (χ4v) is 2.00. The van der Waals surface area contributed by atoms with E-state index in [0.717, 1.165) is 0 Å². The van der Waals surface area contributed by atoms with Gasteiger partial charge in [0.2, 0.25) is 0 Å². The number of hydrogen-bond donors (Lipinski definition) is 2. The Bertz CT molecular complexity index is 694. The van der Waals surface area contributed by atoms with Crippen LogP contribution in [0, 0.1) is 0 Å². The first-order chi connectivity index (χ1) is 10.5. The summed E-state index contributed by atoms with van der Waals surface area (Å²) in [6.45, 7) is 0. The van der Waals surface area contributed by atoms with Crippen LogP contribution in [0.4, 0.5) is 0 Å². The summed E-state index contributed by atoms with van der Waals surface area (Å²) in [6, 6.07) is 6.65. The molecule has 2 rings (SSSR count). The van der Waals surface area contributed by atoms with Crippen LogP contribution >= 0.6 is 23.2 Å². The quantitative estimate of drug-likeness (QED) is 0.648. The Morgan fingerprint density at radius 1 is 1.27 bits per heavy atom. The summed E-state index contributed by atoms with van der Waals surface area (Å²) in [5, 5.41) is 4.34. The van der Waals surface area contributed by atoms with Crippen molar-refractivity contribution in [3.05, 3.63) is 45.7 Å². The zero-order chi connectivity index (χ0) is 16.1. The normalized spacial score (nSPS) is 10.7. The number of H-pyrrole nitrogens is 1. The van der Waals surface area contributed by atoms with Crippen LogP contribution in [0.1, 0.15) is 16.1 Å². The number of amides is 1. The maximum atomic E-state index is 11.8. The van der Waals surface area contributed by atoms with Gasteiger partial charge in [-0.15, -0.1) is 0 Å². The van der Waals surface area contributed by atoms with Crippen molar-refractivity contribution < 1.29 is 14.3 Å². The number of aromatic amines is 1. The lowest BCUT2D eigenvalue weighted by atomic mass is 10.2. The molecule has 0 aliphatic rings. The lowest BCUT2D eigenvalue weighted by molar-refractivity contribution is 0.0951. The lowest BCUT2D eigenvalue weighted by Gasteiger charge is -2.06. The van der Waals surface area contributed by atoms with Crippen LogP contribution in [-0.2, 0) is 0 Å². The van der Waals surface area contributed by atoms with Gasteiger partial charge in [-0.25, -0.2) is 5.43 Å². The first-order valence-corrected chi connectivity index (χ1v) is 6.90. The van der Waals surface area contributed by atoms with Crippen molar-refractivity contribution in [2.45, 2.75) is 0 Å². The highest BCUT2D eigenvalue weighted by atomic mass is 35.5. The highest BCUT2D eigenvalue weighted by molar-refractivity contribution is 6.41. The smallest absolute Gasteiger partial charge is 0.287 e. The van der Waals surface area contributed by atoms with Crippen LogP contribution in [0.15, 0.2) is 29.4 Å². The molecule has 22 heavy (non-hydrogen) atoms. The van der Waals surface area contributed by atoms with Gasteiger partial charge >= 0.3 is 0 Å². The fraction of sp³-hybridized carbons (Fsp3) is 0.143. The number of hydrogen-bond acceptors (Lipinski definition) is 4. The first kappa shape index (κ1) is 16.2. The van der Waals surface area contributed by atoms with Crippen LogP contribution in [0.5, 0.6) is 11.5 Å². The summed E-state index contributed by atoms with van der Waals surface area (Å²) in [5.74, 6) is 0.785. The van der Waals surface area contributed by atoms with E-state index in [-0.39, 0.29) is 15.9 Å². The molecule has 0 aliphatic carbocycles. The number of halogens is 2. The molecule has 2 aromatic rings. The average molecular weight is 342 g/mol. The van der Waals surface area contributed by atoms with E-state index in [2.05, 4.69) is 15.5 Å². The maximum absolute atomic E-state index is 11.8. The summed E-state index contributed by atoms with van der Waals surface area (Å²) in [4.78, 5) is 14.5. The van der Waals surface area contributed by atoms with Crippen LogP contribution in [0.25, 0.3) is 0 Å². The van der Waals surface area contributed by atoms with Crippen molar-refractivity contribution in [2.75, 3.05) is 14.2 Å². The molecule has 1 aromatic carbocycles. The predicted octanol–water partition coefficient (Wildman–Crippen LogP) is 3.10. The molecule has 1 heterocycles. The second-order valence-corrected chi connectivity index (χ2v) is 4.94. The standard InChI is InChI=1S/C14H13Cl2N3O3/c1-21-9-3-4-12(22-2)8(5-9)7-17-19-14(20)11-6-10(15)13(16)18-11/h3-7,18H,1-2H3,(H,19,20)/b17-7+. The van der Waals surface area contributed by atoms with E-state index in [0.29, 0.717) is 17.1 Å². The van der Waals surface area contributed by atoms with Crippen LogP contribution < -0.4 is 14.9 Å². The van der Waals surface area contributed by atoms with E-state index in [4.69, 9.17) is 32.7 Å². The van der Waals surface area contributed by atoms with Gasteiger partial charge < -0.3 is 14.5 Å². The number of ether oxygens (including phenoxy) is 2. The minimum absolute atomic E-state index is 0.199. The molecular weight excluding hydrogens is 329 g/mol. The van der Waals surface area contributed by atoms with E-state index in [1.165, 1.54) is 12.3 Å².